The number of nitrogens with one attached hydrogen (secondary N) is 1. The molecule has 0 unspecified atom stereocenters. The third-order valence-corrected chi connectivity index (χ3v) is 2.79. The van der Waals surface area contributed by atoms with Crippen LogP contribution in [0.4, 0.5) is 6.01 Å². The first-order valence-electron chi connectivity index (χ1n) is 6.26. The van der Waals surface area contributed by atoms with Crippen molar-refractivity contribution in [1.29, 1.82) is 0 Å². The zero-order valence-electron chi connectivity index (χ0n) is 10.6. The molecule has 4 nitrogen and oxygen atoms in total. The van der Waals surface area contributed by atoms with Crippen molar-refractivity contribution in [3.63, 3.8) is 0 Å². The lowest BCUT2D eigenvalue weighted by molar-refractivity contribution is 0.534. The summed E-state index contributed by atoms with van der Waals surface area (Å²) in [6.45, 7) is 9.58. The van der Waals surface area contributed by atoms with Crippen LogP contribution >= 0.6 is 0 Å². The molecule has 1 fully saturated rings. The van der Waals surface area contributed by atoms with Crippen molar-refractivity contribution in [3.8, 4) is 0 Å². The molecule has 0 aromatic carbocycles. The summed E-state index contributed by atoms with van der Waals surface area (Å²) >= 11 is 0. The fourth-order valence-corrected chi connectivity index (χ4v) is 1.73. The van der Waals surface area contributed by atoms with Crippen LogP contribution in [0.2, 0.25) is 0 Å². The maximum Gasteiger partial charge on any atom is 0.298 e. The third-order valence-electron chi connectivity index (χ3n) is 2.79. The third kappa shape index (κ3) is 3.33. The monoisotopic (exact) mass is 235 g/mol. The van der Waals surface area contributed by atoms with Crippen molar-refractivity contribution in [1.82, 2.24) is 10.3 Å². The predicted octanol–water partition coefficient (Wildman–Crippen LogP) is 2.33. The fraction of sp³-hybridized carbons (Fsp3) is 0.615. The summed E-state index contributed by atoms with van der Waals surface area (Å²) in [5.74, 6) is 0. The van der Waals surface area contributed by atoms with E-state index in [4.69, 9.17) is 4.42 Å². The maximum atomic E-state index is 5.54. The molecule has 1 aromatic rings. The summed E-state index contributed by atoms with van der Waals surface area (Å²) in [7, 11) is 0. The zero-order chi connectivity index (χ0) is 12.3. The Bertz CT molecular complexity index is 368. The van der Waals surface area contributed by atoms with Gasteiger partial charge in [0.25, 0.3) is 6.01 Å². The van der Waals surface area contributed by atoms with Gasteiger partial charge in [-0.3, -0.25) is 0 Å². The first-order valence-corrected chi connectivity index (χ1v) is 6.26. The van der Waals surface area contributed by atoms with Crippen LogP contribution in [-0.4, -0.2) is 23.6 Å². The summed E-state index contributed by atoms with van der Waals surface area (Å²) in [5.41, 5.74) is 0.961. The van der Waals surface area contributed by atoms with E-state index < -0.39 is 0 Å². The molecule has 1 aliphatic rings. The highest BCUT2D eigenvalue weighted by atomic mass is 16.4. The number of nitrogens with zero attached hydrogens (tertiary/aromatic N) is 2. The van der Waals surface area contributed by atoms with Crippen molar-refractivity contribution >= 4 is 6.01 Å². The highest BCUT2D eigenvalue weighted by molar-refractivity contribution is 5.32. The van der Waals surface area contributed by atoms with Crippen molar-refractivity contribution < 1.29 is 4.42 Å². The van der Waals surface area contributed by atoms with Crippen molar-refractivity contribution in [2.45, 2.75) is 45.3 Å². The minimum absolute atomic E-state index is 0.461. The van der Waals surface area contributed by atoms with E-state index in [-0.39, 0.29) is 0 Å². The van der Waals surface area contributed by atoms with Gasteiger partial charge in [0.2, 0.25) is 0 Å². The second kappa shape index (κ2) is 5.36. The van der Waals surface area contributed by atoms with E-state index in [0.29, 0.717) is 12.1 Å². The molecular weight excluding hydrogens is 214 g/mol. The minimum atomic E-state index is 0.461. The number of hydrogen-bond donors (Lipinski definition) is 1. The Kier molecular flexibility index (Phi) is 3.84. The fourth-order valence-electron chi connectivity index (χ4n) is 1.73. The van der Waals surface area contributed by atoms with E-state index in [1.54, 1.807) is 6.26 Å². The standard InChI is InChI=1S/C13H21N3O/c1-4-7-16(12-5-6-12)13-15-11(9-17-13)8-14-10(2)3/h4,9-10,12,14H,1,5-8H2,2-3H3. The van der Waals surface area contributed by atoms with Gasteiger partial charge >= 0.3 is 0 Å². The normalized spacial score (nSPS) is 15.2. The number of hydrogen-bond acceptors (Lipinski definition) is 4. The molecule has 4 heteroatoms. The lowest BCUT2D eigenvalue weighted by atomic mass is 10.4. The molecule has 1 aliphatic carbocycles. The van der Waals surface area contributed by atoms with Gasteiger partial charge in [0.15, 0.2) is 0 Å². The van der Waals surface area contributed by atoms with Gasteiger partial charge < -0.3 is 14.6 Å². The Morgan fingerprint density at radius 2 is 2.41 bits per heavy atom. The summed E-state index contributed by atoms with van der Waals surface area (Å²) in [5, 5.41) is 3.33. The molecule has 1 saturated carbocycles. The Balaban J connectivity index is 1.97. The predicted molar refractivity (Wildman–Crippen MR) is 69.0 cm³/mol. The molecular formula is C13H21N3O. The largest absolute Gasteiger partial charge is 0.432 e. The van der Waals surface area contributed by atoms with Gasteiger partial charge in [-0.2, -0.15) is 4.98 Å². The van der Waals surface area contributed by atoms with Gasteiger partial charge in [-0.25, -0.2) is 0 Å². The zero-order valence-corrected chi connectivity index (χ0v) is 10.6. The van der Waals surface area contributed by atoms with Gasteiger partial charge in [0.1, 0.15) is 6.26 Å². The van der Waals surface area contributed by atoms with E-state index >= 15 is 0 Å². The maximum absolute atomic E-state index is 5.54. The first kappa shape index (κ1) is 12.2. The van der Waals surface area contributed by atoms with Gasteiger partial charge in [-0.15, -0.1) is 6.58 Å². The molecule has 0 bridgehead atoms. The van der Waals surface area contributed by atoms with E-state index in [2.05, 4.69) is 35.6 Å². The van der Waals surface area contributed by atoms with Gasteiger partial charge in [0, 0.05) is 25.2 Å². The summed E-state index contributed by atoms with van der Waals surface area (Å²) in [6.07, 6.45) is 6.10. The smallest absolute Gasteiger partial charge is 0.298 e. The number of aromatic nitrogens is 1. The summed E-state index contributed by atoms with van der Waals surface area (Å²) in [4.78, 5) is 6.70. The van der Waals surface area contributed by atoms with Gasteiger partial charge in [0.05, 0.1) is 5.69 Å². The van der Waals surface area contributed by atoms with Gasteiger partial charge in [-0.1, -0.05) is 19.9 Å². The minimum Gasteiger partial charge on any atom is -0.432 e. The first-order chi connectivity index (χ1) is 8.20. The molecule has 2 rings (SSSR count). The number of rotatable bonds is 7. The molecule has 0 saturated heterocycles. The van der Waals surface area contributed by atoms with Crippen molar-refractivity contribution in [3.05, 3.63) is 24.6 Å². The second-order valence-corrected chi connectivity index (χ2v) is 4.83. The van der Waals surface area contributed by atoms with E-state index in [9.17, 15) is 0 Å². The molecule has 1 N–H and O–H groups in total. The van der Waals surface area contributed by atoms with Crippen LogP contribution in [0.5, 0.6) is 0 Å². The number of anilines is 1. The number of oxazole rings is 1. The molecule has 0 radical (unpaired) electrons. The Hall–Kier alpha value is -1.29. The SMILES string of the molecule is C=CCN(c1nc(CNC(C)C)co1)C1CC1. The van der Waals surface area contributed by atoms with E-state index in [1.807, 2.05) is 6.08 Å². The van der Waals surface area contributed by atoms with Crippen LogP contribution in [0.1, 0.15) is 32.4 Å². The van der Waals surface area contributed by atoms with Crippen LogP contribution in [-0.2, 0) is 6.54 Å². The lowest BCUT2D eigenvalue weighted by Gasteiger charge is -2.17. The van der Waals surface area contributed by atoms with Crippen molar-refractivity contribution in [2.75, 3.05) is 11.4 Å². The van der Waals surface area contributed by atoms with Gasteiger partial charge in [-0.05, 0) is 12.8 Å². The van der Waals surface area contributed by atoms with Crippen LogP contribution in [0.3, 0.4) is 0 Å². The van der Waals surface area contributed by atoms with Crippen molar-refractivity contribution in [2.24, 2.45) is 0 Å². The molecule has 0 spiro atoms. The quantitative estimate of drug-likeness (QED) is 0.736. The molecule has 0 aliphatic heterocycles. The Labute approximate surface area is 103 Å². The highest BCUT2D eigenvalue weighted by Crippen LogP contribution is 2.30. The molecule has 17 heavy (non-hydrogen) atoms. The second-order valence-electron chi connectivity index (χ2n) is 4.83. The Morgan fingerprint density at radius 3 is 3.00 bits per heavy atom. The summed E-state index contributed by atoms with van der Waals surface area (Å²) < 4.78 is 5.54. The molecule has 0 amide bonds. The van der Waals surface area contributed by atoms with Crippen LogP contribution in [0.15, 0.2) is 23.3 Å². The topological polar surface area (TPSA) is 41.3 Å². The Morgan fingerprint density at radius 1 is 1.65 bits per heavy atom. The molecule has 0 atom stereocenters. The highest BCUT2D eigenvalue weighted by Gasteiger charge is 2.31. The van der Waals surface area contributed by atoms with E-state index in [1.165, 1.54) is 12.8 Å². The van der Waals surface area contributed by atoms with Crippen LogP contribution < -0.4 is 10.2 Å². The molecule has 94 valence electrons. The summed E-state index contributed by atoms with van der Waals surface area (Å²) in [6, 6.07) is 1.79. The van der Waals surface area contributed by atoms with E-state index in [0.717, 1.165) is 24.8 Å². The van der Waals surface area contributed by atoms with Crippen LogP contribution in [0.25, 0.3) is 0 Å². The average molecular weight is 235 g/mol. The average Bonchev–Trinajstić information content (AvgIpc) is 3.02. The van der Waals surface area contributed by atoms with Crippen LogP contribution in [0, 0.1) is 0 Å². The lowest BCUT2D eigenvalue weighted by Crippen LogP contribution is -2.26. The molecule has 1 heterocycles. The molecule has 1 aromatic heterocycles.